The molecule has 96 valence electrons. The second-order valence-electron chi connectivity index (χ2n) is 5.19. The molecule has 1 nitrogen and oxygen atoms in total. The van der Waals surface area contributed by atoms with Gasteiger partial charge in [0.25, 0.3) is 0 Å². The number of rotatable bonds is 5. The molecule has 1 unspecified atom stereocenters. The van der Waals surface area contributed by atoms with Crippen LogP contribution in [-0.2, 0) is 0 Å². The van der Waals surface area contributed by atoms with Crippen LogP contribution in [0.4, 0.5) is 0 Å². The van der Waals surface area contributed by atoms with Gasteiger partial charge in [0.15, 0.2) is 0 Å². The SMILES string of the molecule is CCCCCC(O)c1c(C)c(C)cc(C)c1C. The van der Waals surface area contributed by atoms with Gasteiger partial charge in [-0.1, -0.05) is 32.3 Å². The molecule has 1 atom stereocenters. The third-order valence-electron chi connectivity index (χ3n) is 3.84. The summed E-state index contributed by atoms with van der Waals surface area (Å²) in [4.78, 5) is 0. The molecule has 0 saturated heterocycles. The average Bonchev–Trinajstić information content (AvgIpc) is 2.27. The standard InChI is InChI=1S/C16H26O/c1-6-7-8-9-15(17)16-13(4)11(2)10-12(3)14(16)5/h10,15,17H,6-9H2,1-5H3. The van der Waals surface area contributed by atoms with Crippen molar-refractivity contribution in [1.82, 2.24) is 0 Å². The molecule has 0 heterocycles. The van der Waals surface area contributed by atoms with Gasteiger partial charge in [0.1, 0.15) is 0 Å². The molecular weight excluding hydrogens is 208 g/mol. The van der Waals surface area contributed by atoms with Gasteiger partial charge in [-0.25, -0.2) is 0 Å². The predicted octanol–water partition coefficient (Wildman–Crippen LogP) is 4.53. The molecule has 1 aromatic carbocycles. The molecule has 0 fully saturated rings. The molecule has 17 heavy (non-hydrogen) atoms. The third kappa shape index (κ3) is 3.32. The lowest BCUT2D eigenvalue weighted by molar-refractivity contribution is 0.162. The zero-order valence-corrected chi connectivity index (χ0v) is 11.9. The molecular formula is C16H26O. The summed E-state index contributed by atoms with van der Waals surface area (Å²) >= 11 is 0. The van der Waals surface area contributed by atoms with E-state index >= 15 is 0 Å². The lowest BCUT2D eigenvalue weighted by Crippen LogP contribution is -2.06. The van der Waals surface area contributed by atoms with Crippen molar-refractivity contribution < 1.29 is 5.11 Å². The van der Waals surface area contributed by atoms with Crippen LogP contribution < -0.4 is 0 Å². The Kier molecular flexibility index (Phi) is 5.20. The van der Waals surface area contributed by atoms with Crippen LogP contribution >= 0.6 is 0 Å². The van der Waals surface area contributed by atoms with Crippen LogP contribution in [0.25, 0.3) is 0 Å². The first-order valence-corrected chi connectivity index (χ1v) is 6.74. The highest BCUT2D eigenvalue weighted by atomic mass is 16.3. The summed E-state index contributed by atoms with van der Waals surface area (Å²) < 4.78 is 0. The number of aliphatic hydroxyl groups excluding tert-OH is 1. The van der Waals surface area contributed by atoms with Crippen LogP contribution in [0.2, 0.25) is 0 Å². The maximum Gasteiger partial charge on any atom is 0.0795 e. The molecule has 1 heteroatoms. The van der Waals surface area contributed by atoms with Gasteiger partial charge < -0.3 is 5.11 Å². The molecule has 0 aliphatic carbocycles. The highest BCUT2D eigenvalue weighted by Crippen LogP contribution is 2.30. The Balaban J connectivity index is 2.95. The monoisotopic (exact) mass is 234 g/mol. The number of aryl methyl sites for hydroxylation is 2. The van der Waals surface area contributed by atoms with Crippen molar-refractivity contribution in [2.75, 3.05) is 0 Å². The van der Waals surface area contributed by atoms with E-state index in [2.05, 4.69) is 40.7 Å². The second kappa shape index (κ2) is 6.20. The Bertz CT molecular complexity index is 353. The maximum atomic E-state index is 10.4. The lowest BCUT2D eigenvalue weighted by atomic mass is 9.89. The van der Waals surface area contributed by atoms with Crippen LogP contribution in [-0.4, -0.2) is 5.11 Å². The number of hydrogen-bond donors (Lipinski definition) is 1. The fraction of sp³-hybridized carbons (Fsp3) is 0.625. The third-order valence-corrected chi connectivity index (χ3v) is 3.84. The van der Waals surface area contributed by atoms with E-state index in [1.165, 1.54) is 40.7 Å². The normalized spacial score (nSPS) is 12.8. The van der Waals surface area contributed by atoms with E-state index in [1.54, 1.807) is 0 Å². The van der Waals surface area contributed by atoms with E-state index < -0.39 is 0 Å². The summed E-state index contributed by atoms with van der Waals surface area (Å²) in [6, 6.07) is 2.22. The van der Waals surface area contributed by atoms with Gasteiger partial charge >= 0.3 is 0 Å². The van der Waals surface area contributed by atoms with Gasteiger partial charge in [0, 0.05) is 0 Å². The minimum atomic E-state index is -0.292. The van der Waals surface area contributed by atoms with Gasteiger partial charge in [-0.2, -0.15) is 0 Å². The van der Waals surface area contributed by atoms with E-state index in [1.807, 2.05) is 0 Å². The fourth-order valence-corrected chi connectivity index (χ4v) is 2.48. The average molecular weight is 234 g/mol. The highest BCUT2D eigenvalue weighted by Gasteiger charge is 2.15. The van der Waals surface area contributed by atoms with Crippen LogP contribution in [0.15, 0.2) is 6.07 Å². The first-order valence-electron chi connectivity index (χ1n) is 6.74. The van der Waals surface area contributed by atoms with Crippen molar-refractivity contribution in [3.05, 3.63) is 33.9 Å². The highest BCUT2D eigenvalue weighted by molar-refractivity contribution is 5.45. The van der Waals surface area contributed by atoms with Gasteiger partial charge in [0.05, 0.1) is 6.10 Å². The van der Waals surface area contributed by atoms with Crippen molar-refractivity contribution in [1.29, 1.82) is 0 Å². The quantitative estimate of drug-likeness (QED) is 0.742. The molecule has 0 bridgehead atoms. The minimum absolute atomic E-state index is 0.292. The maximum absolute atomic E-state index is 10.4. The van der Waals surface area contributed by atoms with E-state index in [9.17, 15) is 5.11 Å². The summed E-state index contributed by atoms with van der Waals surface area (Å²) in [5.41, 5.74) is 6.27. The summed E-state index contributed by atoms with van der Waals surface area (Å²) in [6.45, 7) is 10.7. The molecule has 0 saturated carbocycles. The summed E-state index contributed by atoms with van der Waals surface area (Å²) in [5, 5.41) is 10.4. The largest absolute Gasteiger partial charge is 0.388 e. The van der Waals surface area contributed by atoms with Gasteiger partial charge in [-0.05, 0) is 61.9 Å². The zero-order valence-electron chi connectivity index (χ0n) is 11.9. The molecule has 0 aliphatic rings. The Morgan fingerprint density at radius 1 is 1.00 bits per heavy atom. The topological polar surface area (TPSA) is 20.2 Å². The minimum Gasteiger partial charge on any atom is -0.388 e. The smallest absolute Gasteiger partial charge is 0.0795 e. The number of aliphatic hydroxyl groups is 1. The number of hydrogen-bond acceptors (Lipinski definition) is 1. The zero-order chi connectivity index (χ0) is 13.0. The molecule has 0 radical (unpaired) electrons. The van der Waals surface area contributed by atoms with Crippen molar-refractivity contribution in [3.63, 3.8) is 0 Å². The van der Waals surface area contributed by atoms with Crippen molar-refractivity contribution in [3.8, 4) is 0 Å². The van der Waals surface area contributed by atoms with Crippen molar-refractivity contribution in [2.45, 2.75) is 66.4 Å². The Morgan fingerprint density at radius 3 is 2.00 bits per heavy atom. The van der Waals surface area contributed by atoms with Crippen LogP contribution in [0, 0.1) is 27.7 Å². The second-order valence-corrected chi connectivity index (χ2v) is 5.19. The summed E-state index contributed by atoms with van der Waals surface area (Å²) in [5.74, 6) is 0. The van der Waals surface area contributed by atoms with Crippen molar-refractivity contribution in [2.24, 2.45) is 0 Å². The Morgan fingerprint density at radius 2 is 1.53 bits per heavy atom. The van der Waals surface area contributed by atoms with E-state index in [0.717, 1.165) is 12.8 Å². The first kappa shape index (κ1) is 14.2. The molecule has 0 aliphatic heterocycles. The van der Waals surface area contributed by atoms with Gasteiger partial charge in [-0.15, -0.1) is 0 Å². The van der Waals surface area contributed by atoms with Gasteiger partial charge in [0.2, 0.25) is 0 Å². The summed E-state index contributed by atoms with van der Waals surface area (Å²) in [7, 11) is 0. The Labute approximate surface area is 106 Å². The van der Waals surface area contributed by atoms with Gasteiger partial charge in [-0.3, -0.25) is 0 Å². The van der Waals surface area contributed by atoms with E-state index in [0.29, 0.717) is 0 Å². The van der Waals surface area contributed by atoms with Crippen LogP contribution in [0.5, 0.6) is 0 Å². The molecule has 0 amide bonds. The fourth-order valence-electron chi connectivity index (χ4n) is 2.48. The number of unbranched alkanes of at least 4 members (excludes halogenated alkanes) is 2. The molecule has 1 rings (SSSR count). The van der Waals surface area contributed by atoms with E-state index in [-0.39, 0.29) is 6.10 Å². The van der Waals surface area contributed by atoms with Crippen LogP contribution in [0.1, 0.15) is 66.5 Å². The molecule has 1 aromatic rings. The molecule has 0 aromatic heterocycles. The van der Waals surface area contributed by atoms with Crippen LogP contribution in [0.3, 0.4) is 0 Å². The predicted molar refractivity (Wildman–Crippen MR) is 74.5 cm³/mol. The summed E-state index contributed by atoms with van der Waals surface area (Å²) in [6.07, 6.45) is 4.12. The lowest BCUT2D eigenvalue weighted by Gasteiger charge is -2.20. The molecule has 0 spiro atoms. The first-order chi connectivity index (χ1) is 7.99. The van der Waals surface area contributed by atoms with Crippen molar-refractivity contribution >= 4 is 0 Å². The Hall–Kier alpha value is -0.820. The number of benzene rings is 1. The van der Waals surface area contributed by atoms with E-state index in [4.69, 9.17) is 0 Å². The molecule has 1 N–H and O–H groups in total.